The van der Waals surface area contributed by atoms with Crippen LogP contribution in [0.4, 0.5) is 0 Å². The minimum absolute atomic E-state index is 0.0206. The Balaban J connectivity index is 1.97. The van der Waals surface area contributed by atoms with E-state index < -0.39 is 0 Å². The minimum Gasteiger partial charge on any atom is -0.383 e. The molecule has 27 heavy (non-hydrogen) atoms. The monoisotopic (exact) mass is 376 g/mol. The van der Waals surface area contributed by atoms with Gasteiger partial charge in [0.15, 0.2) is 0 Å². The van der Waals surface area contributed by atoms with Crippen LogP contribution in [-0.4, -0.2) is 23.3 Å². The molecule has 0 N–H and O–H groups in total. The molecule has 0 aliphatic carbocycles. The lowest BCUT2D eigenvalue weighted by Gasteiger charge is -2.13. The Kier molecular flexibility index (Phi) is 4.88. The highest BCUT2D eigenvalue weighted by Crippen LogP contribution is 2.32. The lowest BCUT2D eigenvalue weighted by Crippen LogP contribution is -2.25. The Hall–Kier alpha value is -2.76. The topological polar surface area (TPSA) is 44.1 Å². The van der Waals surface area contributed by atoms with E-state index >= 15 is 0 Å². The third-order valence-electron chi connectivity index (χ3n) is 4.61. The average molecular weight is 376 g/mol. The van der Waals surface area contributed by atoms with Gasteiger partial charge in [-0.25, -0.2) is 4.98 Å². The minimum atomic E-state index is -0.0206. The zero-order valence-corrected chi connectivity index (χ0v) is 16.1. The van der Waals surface area contributed by atoms with Crippen molar-refractivity contribution in [1.29, 1.82) is 0 Å². The molecule has 0 spiro atoms. The molecule has 136 valence electrons. The predicted molar refractivity (Wildman–Crippen MR) is 111 cm³/mol. The first-order valence-corrected chi connectivity index (χ1v) is 9.70. The van der Waals surface area contributed by atoms with Gasteiger partial charge in [-0.15, -0.1) is 11.3 Å². The Morgan fingerprint density at radius 3 is 2.48 bits per heavy atom. The molecule has 4 nitrogen and oxygen atoms in total. The number of hydrogen-bond acceptors (Lipinski definition) is 4. The van der Waals surface area contributed by atoms with E-state index in [0.717, 1.165) is 21.5 Å². The summed E-state index contributed by atoms with van der Waals surface area (Å²) in [6.45, 7) is 2.96. The standard InChI is InChI=1S/C22H20N2O2S/c1-15-8-10-17(11-9-15)20-23-21-19(22(25)24(20)12-13-26-2)18(14-27-21)16-6-4-3-5-7-16/h3-11,14H,12-13H2,1-2H3. The molecule has 4 aromatic rings. The highest BCUT2D eigenvalue weighted by molar-refractivity contribution is 7.17. The number of rotatable bonds is 5. The van der Waals surface area contributed by atoms with Crippen LogP contribution in [-0.2, 0) is 11.3 Å². The molecule has 0 aliphatic heterocycles. The van der Waals surface area contributed by atoms with Gasteiger partial charge in [0.2, 0.25) is 0 Å². The summed E-state index contributed by atoms with van der Waals surface area (Å²) < 4.78 is 6.97. The fourth-order valence-corrected chi connectivity index (χ4v) is 4.11. The molecule has 0 bridgehead atoms. The van der Waals surface area contributed by atoms with Crippen molar-refractivity contribution in [3.63, 3.8) is 0 Å². The Bertz CT molecular complexity index is 1130. The Labute approximate surface area is 161 Å². The summed E-state index contributed by atoms with van der Waals surface area (Å²) in [6, 6.07) is 18.1. The maximum absolute atomic E-state index is 13.4. The molecular formula is C22H20N2O2S. The van der Waals surface area contributed by atoms with E-state index in [1.165, 1.54) is 16.9 Å². The summed E-state index contributed by atoms with van der Waals surface area (Å²) in [6.07, 6.45) is 0. The van der Waals surface area contributed by atoms with Gasteiger partial charge >= 0.3 is 0 Å². The quantitative estimate of drug-likeness (QED) is 0.505. The van der Waals surface area contributed by atoms with Crippen molar-refractivity contribution in [2.45, 2.75) is 13.5 Å². The van der Waals surface area contributed by atoms with Gasteiger partial charge < -0.3 is 4.74 Å². The molecule has 4 rings (SSSR count). The molecule has 0 amide bonds. The van der Waals surface area contributed by atoms with Crippen molar-refractivity contribution in [3.05, 3.63) is 75.9 Å². The fraction of sp³-hybridized carbons (Fsp3) is 0.182. The number of benzene rings is 2. The van der Waals surface area contributed by atoms with Crippen LogP contribution in [0.3, 0.4) is 0 Å². The summed E-state index contributed by atoms with van der Waals surface area (Å²) in [5, 5.41) is 2.70. The zero-order chi connectivity index (χ0) is 18.8. The highest BCUT2D eigenvalue weighted by atomic mass is 32.1. The van der Waals surface area contributed by atoms with E-state index in [1.54, 1.807) is 11.7 Å². The number of thiophene rings is 1. The van der Waals surface area contributed by atoms with Crippen LogP contribution in [0, 0.1) is 6.92 Å². The van der Waals surface area contributed by atoms with Crippen LogP contribution >= 0.6 is 11.3 Å². The van der Waals surface area contributed by atoms with E-state index in [2.05, 4.69) is 0 Å². The fourth-order valence-electron chi connectivity index (χ4n) is 3.17. The largest absolute Gasteiger partial charge is 0.383 e. The Morgan fingerprint density at radius 2 is 1.78 bits per heavy atom. The summed E-state index contributed by atoms with van der Waals surface area (Å²) in [4.78, 5) is 19.1. The van der Waals surface area contributed by atoms with Gasteiger partial charge in [-0.1, -0.05) is 60.2 Å². The molecule has 0 atom stereocenters. The maximum Gasteiger partial charge on any atom is 0.263 e. The second-order valence-corrected chi connectivity index (χ2v) is 7.30. The van der Waals surface area contributed by atoms with Crippen LogP contribution in [0.25, 0.3) is 32.7 Å². The second kappa shape index (κ2) is 7.47. The molecule has 2 aromatic carbocycles. The summed E-state index contributed by atoms with van der Waals surface area (Å²) in [5.41, 5.74) is 4.06. The van der Waals surface area contributed by atoms with Crippen molar-refractivity contribution >= 4 is 21.6 Å². The van der Waals surface area contributed by atoms with Gasteiger partial charge in [-0.2, -0.15) is 0 Å². The predicted octanol–water partition coefficient (Wildman–Crippen LogP) is 4.75. The molecule has 5 heteroatoms. The molecule has 0 saturated heterocycles. The molecule has 0 radical (unpaired) electrons. The van der Waals surface area contributed by atoms with Crippen molar-refractivity contribution in [1.82, 2.24) is 9.55 Å². The smallest absolute Gasteiger partial charge is 0.263 e. The van der Waals surface area contributed by atoms with E-state index in [4.69, 9.17) is 9.72 Å². The third-order valence-corrected chi connectivity index (χ3v) is 5.48. The first kappa shape index (κ1) is 17.6. The maximum atomic E-state index is 13.4. The highest BCUT2D eigenvalue weighted by Gasteiger charge is 2.17. The summed E-state index contributed by atoms with van der Waals surface area (Å²) in [5.74, 6) is 0.686. The zero-order valence-electron chi connectivity index (χ0n) is 15.3. The third kappa shape index (κ3) is 3.31. The number of fused-ring (bicyclic) bond motifs is 1. The summed E-state index contributed by atoms with van der Waals surface area (Å²) >= 11 is 1.51. The van der Waals surface area contributed by atoms with E-state index in [-0.39, 0.29) is 5.56 Å². The molecule has 2 aromatic heterocycles. The van der Waals surface area contributed by atoms with Crippen molar-refractivity contribution in [2.24, 2.45) is 0 Å². The molecule has 0 saturated carbocycles. The Morgan fingerprint density at radius 1 is 1.04 bits per heavy atom. The van der Waals surface area contributed by atoms with E-state index in [0.29, 0.717) is 24.4 Å². The van der Waals surface area contributed by atoms with Crippen LogP contribution in [0.1, 0.15) is 5.56 Å². The van der Waals surface area contributed by atoms with Crippen molar-refractivity contribution in [3.8, 4) is 22.5 Å². The summed E-state index contributed by atoms with van der Waals surface area (Å²) in [7, 11) is 1.64. The number of aromatic nitrogens is 2. The van der Waals surface area contributed by atoms with Gasteiger partial charge in [0.1, 0.15) is 10.7 Å². The van der Waals surface area contributed by atoms with Gasteiger partial charge in [0.25, 0.3) is 5.56 Å². The van der Waals surface area contributed by atoms with Crippen LogP contribution < -0.4 is 5.56 Å². The molecular weight excluding hydrogens is 356 g/mol. The molecule has 0 fully saturated rings. The number of nitrogens with zero attached hydrogens (tertiary/aromatic N) is 2. The van der Waals surface area contributed by atoms with Crippen molar-refractivity contribution < 1.29 is 4.74 Å². The SMILES string of the molecule is COCCn1c(-c2ccc(C)cc2)nc2scc(-c3ccccc3)c2c1=O. The van der Waals surface area contributed by atoms with Crippen LogP contribution in [0.2, 0.25) is 0 Å². The van der Waals surface area contributed by atoms with Gasteiger partial charge in [0, 0.05) is 23.6 Å². The van der Waals surface area contributed by atoms with Gasteiger partial charge in [0.05, 0.1) is 18.5 Å². The van der Waals surface area contributed by atoms with Gasteiger partial charge in [-0.3, -0.25) is 9.36 Å². The average Bonchev–Trinajstić information content (AvgIpc) is 3.13. The van der Waals surface area contributed by atoms with E-state index in [9.17, 15) is 4.79 Å². The lowest BCUT2D eigenvalue weighted by molar-refractivity contribution is 0.186. The number of methoxy groups -OCH3 is 1. The van der Waals surface area contributed by atoms with E-state index in [1.807, 2.05) is 66.9 Å². The van der Waals surface area contributed by atoms with Crippen molar-refractivity contribution in [2.75, 3.05) is 13.7 Å². The number of ether oxygens (including phenoxy) is 1. The van der Waals surface area contributed by atoms with Crippen LogP contribution in [0.15, 0.2) is 64.8 Å². The molecule has 2 heterocycles. The molecule has 0 aliphatic rings. The number of aryl methyl sites for hydroxylation is 1. The number of hydrogen-bond donors (Lipinski definition) is 0. The first-order valence-electron chi connectivity index (χ1n) is 8.82. The molecule has 0 unspecified atom stereocenters. The normalized spacial score (nSPS) is 11.2. The lowest BCUT2D eigenvalue weighted by atomic mass is 10.1. The van der Waals surface area contributed by atoms with Crippen LogP contribution in [0.5, 0.6) is 0 Å². The first-order chi connectivity index (χ1) is 13.2. The van der Waals surface area contributed by atoms with Gasteiger partial charge in [-0.05, 0) is 12.5 Å². The second-order valence-electron chi connectivity index (χ2n) is 6.45.